The van der Waals surface area contributed by atoms with Crippen LogP contribution in [0.2, 0.25) is 0 Å². The minimum absolute atomic E-state index is 0.0148. The fourth-order valence-corrected chi connectivity index (χ4v) is 6.94. The van der Waals surface area contributed by atoms with Gasteiger partial charge >= 0.3 is 0 Å². The van der Waals surface area contributed by atoms with Crippen LogP contribution in [0.5, 0.6) is 0 Å². The Bertz CT molecular complexity index is 1570. The van der Waals surface area contributed by atoms with Crippen molar-refractivity contribution in [2.24, 2.45) is 0 Å². The minimum atomic E-state index is 0.0148. The van der Waals surface area contributed by atoms with Crippen LogP contribution in [0.15, 0.2) is 107 Å². The largest absolute Gasteiger partial charge is 0.0881 e. The Kier molecular flexibility index (Phi) is 3.64. The summed E-state index contributed by atoms with van der Waals surface area (Å²) in [7, 11) is 0. The van der Waals surface area contributed by atoms with E-state index in [2.05, 4.69) is 111 Å². The standard InChI is InChI=1S/C31H22S/c1-31(2)26-12-5-3-9-22(26)23-17-15-20(18-27(23)31)21-16-14-19-8-7-11-25-24-10-4-6-13-28(24)32-30(21)29(19)25/h3-18H,1-2H3. The fourth-order valence-electron chi connectivity index (χ4n) is 5.66. The van der Waals surface area contributed by atoms with Gasteiger partial charge in [0.25, 0.3) is 0 Å². The first-order chi connectivity index (χ1) is 15.6. The summed E-state index contributed by atoms with van der Waals surface area (Å²) in [5, 5.41) is 2.70. The van der Waals surface area contributed by atoms with E-state index in [9.17, 15) is 0 Å². The van der Waals surface area contributed by atoms with Crippen LogP contribution in [0.4, 0.5) is 0 Å². The summed E-state index contributed by atoms with van der Waals surface area (Å²) in [4.78, 5) is 2.72. The van der Waals surface area contributed by atoms with Crippen LogP contribution in [0, 0.1) is 0 Å². The van der Waals surface area contributed by atoms with E-state index in [4.69, 9.17) is 0 Å². The molecule has 0 N–H and O–H groups in total. The molecule has 1 aliphatic heterocycles. The van der Waals surface area contributed by atoms with E-state index in [1.54, 1.807) is 0 Å². The zero-order chi connectivity index (χ0) is 21.4. The Morgan fingerprint density at radius 3 is 2.19 bits per heavy atom. The lowest BCUT2D eigenvalue weighted by atomic mass is 9.81. The van der Waals surface area contributed by atoms with Crippen molar-refractivity contribution >= 4 is 22.5 Å². The van der Waals surface area contributed by atoms with E-state index in [0.29, 0.717) is 0 Å². The average Bonchev–Trinajstić information content (AvgIpc) is 3.06. The van der Waals surface area contributed by atoms with Crippen LogP contribution >= 0.6 is 11.8 Å². The summed E-state index contributed by atoms with van der Waals surface area (Å²) >= 11 is 1.92. The first-order valence-electron chi connectivity index (χ1n) is 11.2. The predicted octanol–water partition coefficient (Wildman–Crippen LogP) is 8.94. The topological polar surface area (TPSA) is 0 Å². The number of hydrogen-bond acceptors (Lipinski definition) is 1. The number of hydrogen-bond donors (Lipinski definition) is 0. The smallest absolute Gasteiger partial charge is 0.0285 e. The highest BCUT2D eigenvalue weighted by Gasteiger charge is 2.35. The summed E-state index contributed by atoms with van der Waals surface area (Å²) in [6, 6.07) is 36.1. The van der Waals surface area contributed by atoms with E-state index in [0.717, 1.165) is 0 Å². The molecule has 152 valence electrons. The lowest BCUT2D eigenvalue weighted by Crippen LogP contribution is -2.14. The highest BCUT2D eigenvalue weighted by atomic mass is 32.2. The Morgan fingerprint density at radius 1 is 0.562 bits per heavy atom. The molecule has 0 unspecified atom stereocenters. The summed E-state index contributed by atoms with van der Waals surface area (Å²) < 4.78 is 0. The number of fused-ring (bicyclic) bond motifs is 5. The van der Waals surface area contributed by atoms with Crippen LogP contribution in [0.1, 0.15) is 25.0 Å². The molecule has 0 fully saturated rings. The summed E-state index contributed by atoms with van der Waals surface area (Å²) in [5.74, 6) is 0. The van der Waals surface area contributed by atoms with Crippen molar-refractivity contribution in [3.63, 3.8) is 0 Å². The molecule has 0 saturated carbocycles. The van der Waals surface area contributed by atoms with Crippen molar-refractivity contribution in [2.75, 3.05) is 0 Å². The average molecular weight is 427 g/mol. The molecule has 5 aromatic rings. The zero-order valence-corrected chi connectivity index (χ0v) is 19.0. The van der Waals surface area contributed by atoms with Gasteiger partial charge in [0.1, 0.15) is 0 Å². The molecule has 0 amide bonds. The number of rotatable bonds is 1. The SMILES string of the molecule is CC1(C)c2ccccc2-c2ccc(-c3ccc4cccc5c4c3Sc3ccccc3-5)cc21. The van der Waals surface area contributed by atoms with E-state index >= 15 is 0 Å². The van der Waals surface area contributed by atoms with Gasteiger partial charge in [-0.1, -0.05) is 111 Å². The molecular weight excluding hydrogens is 404 g/mol. The third kappa shape index (κ3) is 2.35. The molecule has 2 aliphatic rings. The Balaban J connectivity index is 1.49. The van der Waals surface area contributed by atoms with Crippen LogP contribution in [0.3, 0.4) is 0 Å². The molecule has 0 spiro atoms. The maximum Gasteiger partial charge on any atom is 0.0285 e. The maximum atomic E-state index is 2.44. The lowest BCUT2D eigenvalue weighted by Gasteiger charge is -2.24. The molecule has 7 rings (SSSR count). The Labute approximate surface area is 192 Å². The monoisotopic (exact) mass is 426 g/mol. The van der Waals surface area contributed by atoms with Gasteiger partial charge in [-0.3, -0.25) is 0 Å². The molecule has 0 bridgehead atoms. The predicted molar refractivity (Wildman–Crippen MR) is 137 cm³/mol. The normalized spacial score (nSPS) is 14.7. The Morgan fingerprint density at radius 2 is 1.28 bits per heavy atom. The van der Waals surface area contributed by atoms with Gasteiger partial charge in [0.15, 0.2) is 0 Å². The molecule has 1 heterocycles. The van der Waals surface area contributed by atoms with E-state index < -0.39 is 0 Å². The highest BCUT2D eigenvalue weighted by molar-refractivity contribution is 8.00. The summed E-state index contributed by atoms with van der Waals surface area (Å²) in [6.45, 7) is 4.71. The lowest BCUT2D eigenvalue weighted by molar-refractivity contribution is 0.660. The van der Waals surface area contributed by atoms with Crippen molar-refractivity contribution in [3.8, 4) is 33.4 Å². The molecule has 0 aromatic heterocycles. The van der Waals surface area contributed by atoms with Gasteiger partial charge in [-0.15, -0.1) is 0 Å². The van der Waals surface area contributed by atoms with Crippen molar-refractivity contribution in [1.82, 2.24) is 0 Å². The van der Waals surface area contributed by atoms with Gasteiger partial charge in [-0.25, -0.2) is 0 Å². The minimum Gasteiger partial charge on any atom is -0.0881 e. The molecule has 0 nitrogen and oxygen atoms in total. The van der Waals surface area contributed by atoms with Crippen molar-refractivity contribution < 1.29 is 0 Å². The number of benzene rings is 5. The Hall–Kier alpha value is -3.29. The van der Waals surface area contributed by atoms with Crippen molar-refractivity contribution in [3.05, 3.63) is 108 Å². The second-order valence-electron chi connectivity index (χ2n) is 9.38. The van der Waals surface area contributed by atoms with Crippen molar-refractivity contribution in [1.29, 1.82) is 0 Å². The van der Waals surface area contributed by atoms with Crippen LogP contribution in [-0.2, 0) is 5.41 Å². The third-order valence-corrected chi connectivity index (χ3v) is 8.49. The molecule has 1 aliphatic carbocycles. The van der Waals surface area contributed by atoms with Crippen LogP contribution in [0.25, 0.3) is 44.2 Å². The maximum absolute atomic E-state index is 2.44. The van der Waals surface area contributed by atoms with E-state index in [-0.39, 0.29) is 5.41 Å². The molecule has 5 aromatic carbocycles. The van der Waals surface area contributed by atoms with E-state index in [1.165, 1.54) is 65.1 Å². The van der Waals surface area contributed by atoms with E-state index in [1.807, 2.05) is 11.8 Å². The van der Waals surface area contributed by atoms with Gasteiger partial charge < -0.3 is 0 Å². The molecular formula is C31H22S. The second kappa shape index (κ2) is 6.37. The second-order valence-corrected chi connectivity index (χ2v) is 10.4. The zero-order valence-electron chi connectivity index (χ0n) is 18.1. The third-order valence-electron chi connectivity index (χ3n) is 7.28. The molecule has 0 saturated heterocycles. The van der Waals surface area contributed by atoms with Crippen LogP contribution in [-0.4, -0.2) is 0 Å². The van der Waals surface area contributed by atoms with Crippen molar-refractivity contribution in [2.45, 2.75) is 29.1 Å². The van der Waals surface area contributed by atoms with Gasteiger partial charge in [0.05, 0.1) is 0 Å². The molecule has 0 radical (unpaired) electrons. The fraction of sp³-hybridized carbons (Fsp3) is 0.0968. The van der Waals surface area contributed by atoms with Gasteiger partial charge in [0, 0.05) is 20.6 Å². The van der Waals surface area contributed by atoms with Gasteiger partial charge in [-0.05, 0) is 62.0 Å². The summed E-state index contributed by atoms with van der Waals surface area (Å²) in [6.07, 6.45) is 0. The first-order valence-corrected chi connectivity index (χ1v) is 12.0. The molecule has 0 atom stereocenters. The summed E-state index contributed by atoms with van der Waals surface area (Å²) in [5.41, 5.74) is 11.0. The van der Waals surface area contributed by atoms with Crippen LogP contribution < -0.4 is 0 Å². The van der Waals surface area contributed by atoms with Gasteiger partial charge in [0.2, 0.25) is 0 Å². The van der Waals surface area contributed by atoms with Gasteiger partial charge in [-0.2, -0.15) is 0 Å². The molecule has 1 heteroatoms. The first kappa shape index (κ1) is 18.3. The quantitative estimate of drug-likeness (QED) is 0.253. The molecule has 32 heavy (non-hydrogen) atoms. The highest BCUT2D eigenvalue weighted by Crippen LogP contribution is 2.53.